The van der Waals surface area contributed by atoms with E-state index in [9.17, 15) is 4.79 Å². The molecule has 0 atom stereocenters. The van der Waals surface area contributed by atoms with Gasteiger partial charge >= 0.3 is 0 Å². The Labute approximate surface area is 118 Å². The summed E-state index contributed by atoms with van der Waals surface area (Å²) >= 11 is 3.35. The number of carbonyl (C=O) groups is 1. The Morgan fingerprint density at radius 3 is 2.79 bits per heavy atom. The zero-order valence-corrected chi connectivity index (χ0v) is 11.6. The monoisotopic (exact) mass is 319 g/mol. The number of aromatic nitrogens is 1. The number of aliphatic imine (C=N–C) groups is 2. The highest BCUT2D eigenvalue weighted by atomic mass is 79.9. The standard InChI is InChI=1S/C12H10BrN5O/c13-9-4-8-7(5-14-9)15-11(17-2-1-3-17)12-16-10(19)6-18(8)12/h4-5H,1-3,6H2. The minimum absolute atomic E-state index is 0.121. The number of rotatable bonds is 0. The molecule has 1 amide bonds. The molecule has 0 bridgehead atoms. The van der Waals surface area contributed by atoms with Crippen molar-refractivity contribution < 1.29 is 4.79 Å². The molecule has 0 radical (unpaired) electrons. The first-order valence-electron chi connectivity index (χ1n) is 6.11. The zero-order chi connectivity index (χ0) is 13.0. The molecule has 0 saturated carbocycles. The molecule has 3 aliphatic rings. The second-order valence-electron chi connectivity index (χ2n) is 4.69. The number of anilines is 1. The van der Waals surface area contributed by atoms with Crippen LogP contribution < -0.4 is 4.90 Å². The van der Waals surface area contributed by atoms with Gasteiger partial charge in [-0.05, 0) is 28.4 Å². The number of carbonyl (C=O) groups excluding carboxylic acids is 1. The summed E-state index contributed by atoms with van der Waals surface area (Å²) in [6.45, 7) is 2.23. The van der Waals surface area contributed by atoms with Crippen molar-refractivity contribution in [1.82, 2.24) is 9.88 Å². The van der Waals surface area contributed by atoms with E-state index in [0.717, 1.165) is 41.3 Å². The number of halogens is 1. The van der Waals surface area contributed by atoms with Gasteiger partial charge in [-0.3, -0.25) is 4.79 Å². The van der Waals surface area contributed by atoms with Crippen LogP contribution in [0.25, 0.3) is 0 Å². The van der Waals surface area contributed by atoms with Gasteiger partial charge in [0.25, 0.3) is 5.91 Å². The van der Waals surface area contributed by atoms with Gasteiger partial charge in [0, 0.05) is 13.1 Å². The maximum atomic E-state index is 11.6. The van der Waals surface area contributed by atoms with Gasteiger partial charge < -0.3 is 9.80 Å². The third kappa shape index (κ3) is 1.61. The second kappa shape index (κ2) is 3.86. The highest BCUT2D eigenvalue weighted by molar-refractivity contribution is 9.10. The maximum absolute atomic E-state index is 11.6. The van der Waals surface area contributed by atoms with Crippen LogP contribution in [0.3, 0.4) is 0 Å². The lowest BCUT2D eigenvalue weighted by Gasteiger charge is -2.37. The van der Waals surface area contributed by atoms with Crippen molar-refractivity contribution in [3.8, 4) is 0 Å². The van der Waals surface area contributed by atoms with Crippen LogP contribution in [0.15, 0.2) is 26.9 Å². The first-order chi connectivity index (χ1) is 9.22. The predicted molar refractivity (Wildman–Crippen MR) is 75.0 cm³/mol. The van der Waals surface area contributed by atoms with Gasteiger partial charge in [-0.1, -0.05) is 0 Å². The van der Waals surface area contributed by atoms with Gasteiger partial charge in [-0.25, -0.2) is 9.98 Å². The van der Waals surface area contributed by atoms with E-state index in [2.05, 4.69) is 35.8 Å². The quantitative estimate of drug-likeness (QED) is 0.677. The van der Waals surface area contributed by atoms with Crippen LogP contribution in [0.2, 0.25) is 0 Å². The number of hydrogen-bond donors (Lipinski definition) is 0. The molecule has 1 fully saturated rings. The molecule has 6 nitrogen and oxygen atoms in total. The van der Waals surface area contributed by atoms with Crippen molar-refractivity contribution in [3.63, 3.8) is 0 Å². The van der Waals surface area contributed by atoms with Gasteiger partial charge in [0.1, 0.15) is 16.8 Å². The van der Waals surface area contributed by atoms with Crippen LogP contribution in [-0.4, -0.2) is 47.1 Å². The summed E-state index contributed by atoms with van der Waals surface area (Å²) in [6, 6.07) is 1.87. The van der Waals surface area contributed by atoms with E-state index in [0.29, 0.717) is 5.84 Å². The molecule has 19 heavy (non-hydrogen) atoms. The minimum Gasteiger partial charge on any atom is -0.353 e. The Balaban J connectivity index is 1.89. The van der Waals surface area contributed by atoms with Gasteiger partial charge in [0.2, 0.25) is 0 Å². The minimum atomic E-state index is -0.121. The highest BCUT2D eigenvalue weighted by Gasteiger charge is 2.37. The van der Waals surface area contributed by atoms with Crippen LogP contribution in [0, 0.1) is 0 Å². The largest absolute Gasteiger partial charge is 0.353 e. The van der Waals surface area contributed by atoms with Gasteiger partial charge in [0.15, 0.2) is 11.7 Å². The highest BCUT2D eigenvalue weighted by Crippen LogP contribution is 2.36. The average molecular weight is 320 g/mol. The molecule has 0 N–H and O–H groups in total. The molecule has 4 heterocycles. The SMILES string of the molecule is O=C1CN2C(=N1)C(N1CCC1)=Nc1cnc(Br)cc12. The van der Waals surface area contributed by atoms with Crippen LogP contribution in [0.4, 0.5) is 11.4 Å². The Kier molecular flexibility index (Phi) is 2.26. The van der Waals surface area contributed by atoms with Gasteiger partial charge in [-0.2, -0.15) is 4.99 Å². The van der Waals surface area contributed by atoms with E-state index in [1.807, 2.05) is 11.0 Å². The van der Waals surface area contributed by atoms with Crippen LogP contribution in [0.1, 0.15) is 6.42 Å². The molecule has 0 unspecified atom stereocenters. The summed E-state index contributed by atoms with van der Waals surface area (Å²) in [6.07, 6.45) is 2.88. The molecule has 0 spiro atoms. The maximum Gasteiger partial charge on any atom is 0.267 e. The fourth-order valence-electron chi connectivity index (χ4n) is 2.41. The Bertz CT molecular complexity index is 650. The van der Waals surface area contributed by atoms with Crippen LogP contribution in [0.5, 0.6) is 0 Å². The van der Waals surface area contributed by atoms with Gasteiger partial charge in [0.05, 0.1) is 11.9 Å². The van der Waals surface area contributed by atoms with E-state index in [4.69, 9.17) is 0 Å². The lowest BCUT2D eigenvalue weighted by molar-refractivity contribution is -0.115. The lowest BCUT2D eigenvalue weighted by atomic mass is 10.1. The number of pyridine rings is 1. The fraction of sp³-hybridized carbons (Fsp3) is 0.333. The molecule has 1 aromatic heterocycles. The number of amidine groups is 2. The van der Waals surface area contributed by atoms with E-state index < -0.39 is 0 Å². The fourth-order valence-corrected chi connectivity index (χ4v) is 2.73. The number of likely N-dealkylation sites (tertiary alicyclic amines) is 1. The van der Waals surface area contributed by atoms with Crippen molar-refractivity contribution in [2.45, 2.75) is 6.42 Å². The van der Waals surface area contributed by atoms with E-state index in [1.54, 1.807) is 6.20 Å². The molecular formula is C12H10BrN5O. The number of amides is 1. The van der Waals surface area contributed by atoms with Crippen molar-refractivity contribution in [3.05, 3.63) is 16.9 Å². The zero-order valence-electron chi connectivity index (χ0n) is 10.0. The number of nitrogens with zero attached hydrogens (tertiary/aromatic N) is 5. The van der Waals surface area contributed by atoms with Crippen molar-refractivity contribution in [2.24, 2.45) is 9.98 Å². The van der Waals surface area contributed by atoms with Crippen LogP contribution >= 0.6 is 15.9 Å². The summed E-state index contributed by atoms with van der Waals surface area (Å²) in [5.41, 5.74) is 1.68. The van der Waals surface area contributed by atoms with Crippen molar-refractivity contribution >= 4 is 44.9 Å². The van der Waals surface area contributed by atoms with E-state index >= 15 is 0 Å². The molecule has 1 aromatic rings. The summed E-state index contributed by atoms with van der Waals surface area (Å²) in [5, 5.41) is 0. The molecule has 4 rings (SSSR count). The van der Waals surface area contributed by atoms with Crippen molar-refractivity contribution in [2.75, 3.05) is 24.5 Å². The molecular weight excluding hydrogens is 310 g/mol. The summed E-state index contributed by atoms with van der Waals surface area (Å²) in [7, 11) is 0. The summed E-state index contributed by atoms with van der Waals surface area (Å²) in [5.74, 6) is 1.35. The first-order valence-corrected chi connectivity index (χ1v) is 6.90. The molecule has 0 aliphatic carbocycles. The summed E-state index contributed by atoms with van der Waals surface area (Å²) in [4.78, 5) is 28.7. The molecule has 3 aliphatic heterocycles. The molecule has 96 valence electrons. The smallest absolute Gasteiger partial charge is 0.267 e. The first kappa shape index (κ1) is 11.1. The third-order valence-electron chi connectivity index (χ3n) is 3.48. The molecule has 0 aromatic carbocycles. The summed E-state index contributed by atoms with van der Waals surface area (Å²) < 4.78 is 0.729. The van der Waals surface area contributed by atoms with E-state index in [-0.39, 0.29) is 12.5 Å². The van der Waals surface area contributed by atoms with Gasteiger partial charge in [-0.15, -0.1) is 0 Å². The lowest BCUT2D eigenvalue weighted by Crippen LogP contribution is -2.50. The second-order valence-corrected chi connectivity index (χ2v) is 5.50. The normalized spacial score (nSPS) is 20.6. The van der Waals surface area contributed by atoms with Crippen molar-refractivity contribution in [1.29, 1.82) is 0 Å². The average Bonchev–Trinajstić information content (AvgIpc) is 2.70. The van der Waals surface area contributed by atoms with Crippen LogP contribution in [-0.2, 0) is 4.79 Å². The molecule has 7 heteroatoms. The third-order valence-corrected chi connectivity index (χ3v) is 3.91. The number of hydrogen-bond acceptors (Lipinski definition) is 5. The topological polar surface area (TPSA) is 61.2 Å². The van der Waals surface area contributed by atoms with E-state index in [1.165, 1.54) is 0 Å². The Morgan fingerprint density at radius 2 is 2.05 bits per heavy atom. The predicted octanol–water partition coefficient (Wildman–Crippen LogP) is 1.34. The Hall–Kier alpha value is -1.76. The Morgan fingerprint density at radius 1 is 1.21 bits per heavy atom. The molecule has 1 saturated heterocycles. The number of fused-ring (bicyclic) bond motifs is 3.